The summed E-state index contributed by atoms with van der Waals surface area (Å²) in [5.41, 5.74) is 0. The minimum atomic E-state index is -4.73. The van der Waals surface area contributed by atoms with Crippen LogP contribution in [-0.4, -0.2) is 66.5 Å². The Morgan fingerprint density at radius 3 is 1.01 bits per heavy atom. The van der Waals surface area contributed by atoms with E-state index in [1.165, 1.54) is 173 Å². The first-order chi connectivity index (χ1) is 33.2. The number of aliphatic hydroxyl groups excluding tert-OH is 1. The van der Waals surface area contributed by atoms with Crippen LogP contribution in [0, 0.1) is 0 Å². The number of ether oxygens (including phenoxy) is 3. The van der Waals surface area contributed by atoms with E-state index in [0.29, 0.717) is 19.3 Å². The maximum absolute atomic E-state index is 12.9. The summed E-state index contributed by atoms with van der Waals surface area (Å²) in [5.74, 6) is -1.44. The van der Waals surface area contributed by atoms with Crippen molar-refractivity contribution in [3.8, 4) is 0 Å². The molecule has 0 aromatic carbocycles. The highest BCUT2D eigenvalue weighted by Crippen LogP contribution is 2.43. The molecule has 3 atom stereocenters. The van der Waals surface area contributed by atoms with Gasteiger partial charge in [-0.3, -0.25) is 23.4 Å². The standard InChI is InChI=1S/C56H107O11P/c1-4-7-10-13-16-19-21-23-24-25-26-27-28-30-32-35-38-41-44-47-56(60)67-53(49-63-54(58)45-42-39-36-33-18-15-12-9-6-3)51-65-68(61,62)64-50-52(48-57)66-55(59)46-43-40-37-34-31-29-22-20-17-14-11-8-5-2/h23-24,52-53,57H,4-22,25-51H2,1-3H3,(H,61,62)/b24-23-. The second kappa shape index (κ2) is 51.6. The lowest BCUT2D eigenvalue weighted by atomic mass is 10.0. The Kier molecular flexibility index (Phi) is 50.2. The van der Waals surface area contributed by atoms with Crippen molar-refractivity contribution in [2.24, 2.45) is 0 Å². The molecule has 0 radical (unpaired) electrons. The molecule has 0 bridgehead atoms. The van der Waals surface area contributed by atoms with E-state index in [-0.39, 0.29) is 25.9 Å². The lowest BCUT2D eigenvalue weighted by Crippen LogP contribution is -2.30. The number of allylic oxidation sites excluding steroid dienone is 2. The van der Waals surface area contributed by atoms with Gasteiger partial charge in [0.1, 0.15) is 12.7 Å². The number of phosphoric ester groups is 1. The van der Waals surface area contributed by atoms with Gasteiger partial charge in [0.25, 0.3) is 0 Å². The van der Waals surface area contributed by atoms with Crippen LogP contribution in [0.25, 0.3) is 0 Å². The van der Waals surface area contributed by atoms with Gasteiger partial charge in [-0.1, -0.05) is 238 Å². The fourth-order valence-electron chi connectivity index (χ4n) is 8.29. The van der Waals surface area contributed by atoms with Crippen molar-refractivity contribution in [3.05, 3.63) is 12.2 Å². The Labute approximate surface area is 417 Å². The van der Waals surface area contributed by atoms with Crippen molar-refractivity contribution in [3.63, 3.8) is 0 Å². The highest BCUT2D eigenvalue weighted by Gasteiger charge is 2.28. The van der Waals surface area contributed by atoms with Crippen LogP contribution >= 0.6 is 7.82 Å². The number of hydrogen-bond acceptors (Lipinski definition) is 10. The lowest BCUT2D eigenvalue weighted by molar-refractivity contribution is -0.161. The monoisotopic (exact) mass is 987 g/mol. The molecule has 0 rings (SSSR count). The Morgan fingerprint density at radius 2 is 0.676 bits per heavy atom. The summed E-state index contributed by atoms with van der Waals surface area (Å²) >= 11 is 0. The Morgan fingerprint density at radius 1 is 0.397 bits per heavy atom. The van der Waals surface area contributed by atoms with E-state index in [1.54, 1.807) is 0 Å². The van der Waals surface area contributed by atoms with Crippen LogP contribution in [0.3, 0.4) is 0 Å². The van der Waals surface area contributed by atoms with Gasteiger partial charge in [-0.2, -0.15) is 0 Å². The van der Waals surface area contributed by atoms with E-state index in [9.17, 15) is 28.9 Å². The fraction of sp³-hybridized carbons (Fsp3) is 0.911. The number of unbranched alkanes of at least 4 members (excludes halogenated alkanes) is 35. The van der Waals surface area contributed by atoms with Crippen LogP contribution in [0.1, 0.15) is 290 Å². The summed E-state index contributed by atoms with van der Waals surface area (Å²) < 4.78 is 39.4. The third-order valence-electron chi connectivity index (χ3n) is 12.7. The van der Waals surface area contributed by atoms with Crippen LogP contribution in [-0.2, 0) is 42.2 Å². The smallest absolute Gasteiger partial charge is 0.462 e. The summed E-state index contributed by atoms with van der Waals surface area (Å²) in [4.78, 5) is 48.3. The normalized spacial score (nSPS) is 13.4. The number of aliphatic hydroxyl groups is 1. The van der Waals surface area contributed by atoms with Crippen molar-refractivity contribution >= 4 is 25.7 Å². The second-order valence-electron chi connectivity index (χ2n) is 19.5. The van der Waals surface area contributed by atoms with Gasteiger partial charge in [-0.25, -0.2) is 4.57 Å². The minimum Gasteiger partial charge on any atom is -0.462 e. The Hall–Kier alpha value is -1.78. The summed E-state index contributed by atoms with van der Waals surface area (Å²) in [7, 11) is -4.73. The predicted molar refractivity (Wildman–Crippen MR) is 280 cm³/mol. The molecular formula is C56H107O11P. The SMILES string of the molecule is CCCCCCCC/C=C\CCCCCCCCCCCC(=O)OC(COC(=O)CCCCCCCCCCC)COP(=O)(O)OCC(CO)OC(=O)CCCCCCCCCCCCCCC. The number of rotatable bonds is 54. The number of carbonyl (C=O) groups excluding carboxylic acids is 3. The summed E-state index contributed by atoms with van der Waals surface area (Å²) in [5, 5.41) is 9.79. The first-order valence-electron chi connectivity index (χ1n) is 28.6. The summed E-state index contributed by atoms with van der Waals surface area (Å²) in [6.07, 6.45) is 48.9. The molecule has 0 heterocycles. The van der Waals surface area contributed by atoms with Crippen LogP contribution in [0.5, 0.6) is 0 Å². The quantitative estimate of drug-likeness (QED) is 0.0197. The van der Waals surface area contributed by atoms with Crippen molar-refractivity contribution in [2.75, 3.05) is 26.4 Å². The molecule has 0 aliphatic carbocycles. The molecule has 0 saturated heterocycles. The lowest BCUT2D eigenvalue weighted by Gasteiger charge is -2.21. The molecule has 0 aliphatic heterocycles. The van der Waals surface area contributed by atoms with Gasteiger partial charge >= 0.3 is 25.7 Å². The number of esters is 3. The first-order valence-corrected chi connectivity index (χ1v) is 30.1. The van der Waals surface area contributed by atoms with Crippen LogP contribution in [0.4, 0.5) is 0 Å². The zero-order valence-electron chi connectivity index (χ0n) is 44.4. The van der Waals surface area contributed by atoms with Crippen LogP contribution < -0.4 is 0 Å². The zero-order chi connectivity index (χ0) is 49.9. The van der Waals surface area contributed by atoms with E-state index in [4.69, 9.17) is 23.3 Å². The molecule has 3 unspecified atom stereocenters. The molecule has 2 N–H and O–H groups in total. The van der Waals surface area contributed by atoms with Crippen LogP contribution in [0.2, 0.25) is 0 Å². The molecule has 0 fully saturated rings. The first kappa shape index (κ1) is 66.2. The van der Waals surface area contributed by atoms with Crippen molar-refractivity contribution < 1.29 is 52.2 Å². The maximum Gasteiger partial charge on any atom is 0.472 e. The Balaban J connectivity index is 4.60. The largest absolute Gasteiger partial charge is 0.472 e. The van der Waals surface area contributed by atoms with Crippen LogP contribution in [0.15, 0.2) is 12.2 Å². The molecule has 0 saturated carbocycles. The van der Waals surface area contributed by atoms with E-state index in [1.807, 2.05) is 0 Å². The highest BCUT2D eigenvalue weighted by atomic mass is 31.2. The molecule has 12 heteroatoms. The minimum absolute atomic E-state index is 0.172. The molecule has 0 aliphatic rings. The third-order valence-corrected chi connectivity index (χ3v) is 13.6. The van der Waals surface area contributed by atoms with Gasteiger partial charge < -0.3 is 24.2 Å². The van der Waals surface area contributed by atoms with Gasteiger partial charge in [-0.05, 0) is 44.9 Å². The van der Waals surface area contributed by atoms with Gasteiger partial charge in [0.2, 0.25) is 0 Å². The molecular weight excluding hydrogens is 880 g/mol. The average Bonchev–Trinajstić information content (AvgIpc) is 3.32. The van der Waals surface area contributed by atoms with E-state index in [2.05, 4.69) is 32.9 Å². The molecule has 68 heavy (non-hydrogen) atoms. The fourth-order valence-corrected chi connectivity index (χ4v) is 9.08. The molecule has 402 valence electrons. The third kappa shape index (κ3) is 49.2. The topological polar surface area (TPSA) is 155 Å². The van der Waals surface area contributed by atoms with Gasteiger partial charge in [-0.15, -0.1) is 0 Å². The average molecular weight is 987 g/mol. The molecule has 0 aromatic heterocycles. The van der Waals surface area contributed by atoms with Crippen molar-refractivity contribution in [1.29, 1.82) is 0 Å². The number of hydrogen-bond donors (Lipinski definition) is 2. The van der Waals surface area contributed by atoms with Crippen molar-refractivity contribution in [2.45, 2.75) is 303 Å². The van der Waals surface area contributed by atoms with E-state index in [0.717, 1.165) is 57.8 Å². The van der Waals surface area contributed by atoms with Gasteiger partial charge in [0, 0.05) is 19.3 Å². The number of carbonyl (C=O) groups is 3. The van der Waals surface area contributed by atoms with Gasteiger partial charge in [0.05, 0.1) is 19.8 Å². The molecule has 11 nitrogen and oxygen atoms in total. The van der Waals surface area contributed by atoms with E-state index >= 15 is 0 Å². The molecule has 0 spiro atoms. The predicted octanol–water partition coefficient (Wildman–Crippen LogP) is 16.5. The Bertz CT molecular complexity index is 1200. The second-order valence-corrected chi connectivity index (χ2v) is 20.9. The molecule has 0 amide bonds. The molecule has 0 aromatic rings. The van der Waals surface area contributed by atoms with Crippen molar-refractivity contribution in [1.82, 2.24) is 0 Å². The highest BCUT2D eigenvalue weighted by molar-refractivity contribution is 7.47. The zero-order valence-corrected chi connectivity index (χ0v) is 45.2. The summed E-state index contributed by atoms with van der Waals surface area (Å²) in [6, 6.07) is 0. The number of phosphoric acid groups is 1. The maximum atomic E-state index is 12.9. The van der Waals surface area contributed by atoms with Gasteiger partial charge in [0.15, 0.2) is 6.10 Å². The van der Waals surface area contributed by atoms with E-state index < -0.39 is 57.8 Å². The summed E-state index contributed by atoms with van der Waals surface area (Å²) in [6.45, 7) is 4.66.